The van der Waals surface area contributed by atoms with E-state index in [2.05, 4.69) is 20.5 Å². The van der Waals surface area contributed by atoms with Crippen LogP contribution in [0, 0.1) is 0 Å². The molecular weight excluding hydrogens is 364 g/mol. The van der Waals surface area contributed by atoms with Crippen LogP contribution < -0.4 is 10.6 Å². The zero-order chi connectivity index (χ0) is 18.9. The van der Waals surface area contributed by atoms with E-state index >= 15 is 0 Å². The van der Waals surface area contributed by atoms with Gasteiger partial charge >= 0.3 is 0 Å². The Labute approximate surface area is 162 Å². The highest BCUT2D eigenvalue weighted by molar-refractivity contribution is 7.13. The molecule has 1 aromatic carbocycles. The molecule has 8 heteroatoms. The summed E-state index contributed by atoms with van der Waals surface area (Å²) < 4.78 is 5.34. The fourth-order valence-corrected chi connectivity index (χ4v) is 3.47. The van der Waals surface area contributed by atoms with Gasteiger partial charge in [0, 0.05) is 43.5 Å². The second kappa shape index (κ2) is 10.1. The molecule has 0 aliphatic carbocycles. The van der Waals surface area contributed by atoms with Gasteiger partial charge in [-0.05, 0) is 18.6 Å². The molecule has 2 N–H and O–H groups in total. The van der Waals surface area contributed by atoms with Crippen LogP contribution in [0.2, 0.25) is 0 Å². The molecule has 3 rings (SSSR count). The van der Waals surface area contributed by atoms with Crippen LogP contribution in [-0.4, -0.2) is 54.5 Å². The zero-order valence-electron chi connectivity index (χ0n) is 15.1. The Morgan fingerprint density at radius 3 is 2.74 bits per heavy atom. The third kappa shape index (κ3) is 6.42. The number of carbonyl (C=O) groups excluding carboxylic acids is 2. The molecule has 144 valence electrons. The van der Waals surface area contributed by atoms with E-state index < -0.39 is 0 Å². The molecule has 2 heterocycles. The van der Waals surface area contributed by atoms with E-state index in [9.17, 15) is 9.59 Å². The van der Waals surface area contributed by atoms with Crippen LogP contribution in [0.4, 0.5) is 5.13 Å². The van der Waals surface area contributed by atoms with Gasteiger partial charge in [-0.2, -0.15) is 0 Å². The third-order valence-electron chi connectivity index (χ3n) is 4.19. The topological polar surface area (TPSA) is 83.6 Å². The Morgan fingerprint density at radius 1 is 1.19 bits per heavy atom. The molecule has 7 nitrogen and oxygen atoms in total. The van der Waals surface area contributed by atoms with E-state index in [1.165, 1.54) is 11.3 Å². The van der Waals surface area contributed by atoms with Crippen molar-refractivity contribution in [1.82, 2.24) is 15.2 Å². The number of ether oxygens (including phenoxy) is 1. The lowest BCUT2D eigenvalue weighted by atomic mass is 10.2. The highest BCUT2D eigenvalue weighted by Crippen LogP contribution is 2.17. The highest BCUT2D eigenvalue weighted by atomic mass is 32.1. The number of thiazole rings is 1. The van der Waals surface area contributed by atoms with Gasteiger partial charge in [0.25, 0.3) is 5.91 Å². The van der Waals surface area contributed by atoms with Gasteiger partial charge in [0.2, 0.25) is 5.91 Å². The summed E-state index contributed by atoms with van der Waals surface area (Å²) in [7, 11) is 0. The van der Waals surface area contributed by atoms with E-state index in [0.29, 0.717) is 30.1 Å². The van der Waals surface area contributed by atoms with Gasteiger partial charge in [-0.15, -0.1) is 11.3 Å². The summed E-state index contributed by atoms with van der Waals surface area (Å²) >= 11 is 1.44. The number of anilines is 1. The second-order valence-corrected chi connectivity index (χ2v) is 7.16. The first-order chi connectivity index (χ1) is 13.2. The first-order valence-electron chi connectivity index (χ1n) is 9.08. The standard InChI is InChI=1S/C19H24N4O3S/c24-17(7-4-8-20-18(25)15-5-2-1-3-6-15)22-19-21-16(14-27-19)13-23-9-11-26-12-10-23/h1-3,5-6,14H,4,7-13H2,(H,20,25)(H,21,22,24). The minimum Gasteiger partial charge on any atom is -0.379 e. The van der Waals surface area contributed by atoms with Crippen molar-refractivity contribution in [3.8, 4) is 0 Å². The average molecular weight is 388 g/mol. The molecule has 0 atom stereocenters. The normalized spacial score (nSPS) is 14.7. The number of nitrogens with one attached hydrogen (secondary N) is 2. The van der Waals surface area contributed by atoms with Gasteiger partial charge in [0.1, 0.15) is 0 Å². The van der Waals surface area contributed by atoms with Crippen molar-refractivity contribution >= 4 is 28.3 Å². The van der Waals surface area contributed by atoms with Gasteiger partial charge in [0.15, 0.2) is 5.13 Å². The van der Waals surface area contributed by atoms with E-state index in [1.807, 2.05) is 23.6 Å². The highest BCUT2D eigenvalue weighted by Gasteiger charge is 2.13. The van der Waals surface area contributed by atoms with Gasteiger partial charge in [0.05, 0.1) is 18.9 Å². The quantitative estimate of drug-likeness (QED) is 0.677. The number of morpholine rings is 1. The summed E-state index contributed by atoms with van der Waals surface area (Å²) in [5, 5.41) is 8.25. The number of nitrogens with zero attached hydrogens (tertiary/aromatic N) is 2. The summed E-state index contributed by atoms with van der Waals surface area (Å²) in [6, 6.07) is 9.04. The summed E-state index contributed by atoms with van der Waals surface area (Å²) in [6.45, 7) is 4.58. The van der Waals surface area contributed by atoms with Crippen molar-refractivity contribution in [3.05, 3.63) is 47.0 Å². The number of carbonyl (C=O) groups is 2. The van der Waals surface area contributed by atoms with Gasteiger partial charge in [-0.25, -0.2) is 4.98 Å². The molecule has 1 aliphatic rings. The maximum atomic E-state index is 12.0. The molecule has 2 aromatic rings. The van der Waals surface area contributed by atoms with Crippen LogP contribution in [0.15, 0.2) is 35.7 Å². The minimum atomic E-state index is -0.122. The number of rotatable bonds is 8. The molecule has 1 saturated heterocycles. The molecule has 0 saturated carbocycles. The maximum absolute atomic E-state index is 12.0. The lowest BCUT2D eigenvalue weighted by molar-refractivity contribution is -0.116. The Morgan fingerprint density at radius 2 is 1.96 bits per heavy atom. The molecule has 0 bridgehead atoms. The SMILES string of the molecule is O=C(CCCNC(=O)c1ccccc1)Nc1nc(CN2CCOCC2)cs1. The van der Waals surface area contributed by atoms with E-state index in [-0.39, 0.29) is 11.8 Å². The monoisotopic (exact) mass is 388 g/mol. The lowest BCUT2D eigenvalue weighted by Gasteiger charge is -2.25. The molecule has 1 aliphatic heterocycles. The van der Waals surface area contributed by atoms with Crippen LogP contribution in [0.25, 0.3) is 0 Å². The van der Waals surface area contributed by atoms with Crippen LogP contribution in [0.5, 0.6) is 0 Å². The first-order valence-corrected chi connectivity index (χ1v) is 9.96. The smallest absolute Gasteiger partial charge is 0.251 e. The fraction of sp³-hybridized carbons (Fsp3) is 0.421. The number of hydrogen-bond donors (Lipinski definition) is 2. The molecule has 2 amide bonds. The Balaban J connectivity index is 1.34. The molecule has 27 heavy (non-hydrogen) atoms. The fourth-order valence-electron chi connectivity index (χ4n) is 2.75. The average Bonchev–Trinajstić information content (AvgIpc) is 3.13. The van der Waals surface area contributed by atoms with Gasteiger partial charge < -0.3 is 15.4 Å². The Hall–Kier alpha value is -2.29. The molecule has 1 aromatic heterocycles. The van der Waals surface area contributed by atoms with Crippen LogP contribution >= 0.6 is 11.3 Å². The largest absolute Gasteiger partial charge is 0.379 e. The first kappa shape index (κ1) is 19.5. The van der Waals surface area contributed by atoms with Crippen molar-refractivity contribution in [3.63, 3.8) is 0 Å². The van der Waals surface area contributed by atoms with Crippen LogP contribution in [0.1, 0.15) is 28.9 Å². The Kier molecular flexibility index (Phi) is 7.32. The van der Waals surface area contributed by atoms with Gasteiger partial charge in [-0.1, -0.05) is 18.2 Å². The second-order valence-electron chi connectivity index (χ2n) is 6.31. The predicted octanol–water partition coefficient (Wildman–Crippen LogP) is 2.12. The van der Waals surface area contributed by atoms with Gasteiger partial charge in [-0.3, -0.25) is 14.5 Å². The number of benzene rings is 1. The van der Waals surface area contributed by atoms with E-state index in [1.54, 1.807) is 12.1 Å². The third-order valence-corrected chi connectivity index (χ3v) is 5.00. The maximum Gasteiger partial charge on any atom is 0.251 e. The minimum absolute atomic E-state index is 0.0868. The Bertz CT molecular complexity index is 744. The van der Waals surface area contributed by atoms with Crippen LogP contribution in [0.3, 0.4) is 0 Å². The van der Waals surface area contributed by atoms with Crippen LogP contribution in [-0.2, 0) is 16.1 Å². The number of amides is 2. The van der Waals surface area contributed by atoms with Crippen molar-refractivity contribution in [1.29, 1.82) is 0 Å². The van der Waals surface area contributed by atoms with Crippen molar-refractivity contribution in [2.24, 2.45) is 0 Å². The summed E-state index contributed by atoms with van der Waals surface area (Å²) in [5.41, 5.74) is 1.59. The molecule has 0 radical (unpaired) electrons. The zero-order valence-corrected chi connectivity index (χ0v) is 16.0. The van der Waals surface area contributed by atoms with Crippen molar-refractivity contribution in [2.45, 2.75) is 19.4 Å². The van der Waals surface area contributed by atoms with E-state index in [0.717, 1.165) is 38.5 Å². The van der Waals surface area contributed by atoms with Crippen molar-refractivity contribution in [2.75, 3.05) is 38.2 Å². The van der Waals surface area contributed by atoms with E-state index in [4.69, 9.17) is 4.74 Å². The van der Waals surface area contributed by atoms with Crippen molar-refractivity contribution < 1.29 is 14.3 Å². The molecular formula is C19H24N4O3S. The molecule has 0 spiro atoms. The molecule has 0 unspecified atom stereocenters. The predicted molar refractivity (Wildman–Crippen MR) is 105 cm³/mol. The lowest BCUT2D eigenvalue weighted by Crippen LogP contribution is -2.35. The summed E-state index contributed by atoms with van der Waals surface area (Å²) in [5.74, 6) is -0.208. The number of aromatic nitrogens is 1. The summed E-state index contributed by atoms with van der Waals surface area (Å²) in [6.07, 6.45) is 0.920. The number of hydrogen-bond acceptors (Lipinski definition) is 6. The molecule has 1 fully saturated rings. The summed E-state index contributed by atoms with van der Waals surface area (Å²) in [4.78, 5) is 30.7.